The van der Waals surface area contributed by atoms with Gasteiger partial charge in [-0.05, 0) is 17.5 Å². The highest BCUT2D eigenvalue weighted by atomic mass is 16.6. The summed E-state index contributed by atoms with van der Waals surface area (Å²) >= 11 is 0. The first-order valence-corrected chi connectivity index (χ1v) is 6.26. The molecule has 1 atom stereocenters. The minimum Gasteiger partial charge on any atom is -0.478 e. The normalized spacial score (nSPS) is 17.2. The molecule has 1 aliphatic heterocycles. The summed E-state index contributed by atoms with van der Waals surface area (Å²) in [4.78, 5) is 37.1. The predicted molar refractivity (Wildman–Crippen MR) is 74.5 cm³/mol. The van der Waals surface area contributed by atoms with E-state index in [-0.39, 0.29) is 42.6 Å². The number of amides is 1. The topological polar surface area (TPSA) is 150 Å². The highest BCUT2D eigenvalue weighted by Crippen LogP contribution is 2.29. The van der Waals surface area contributed by atoms with Crippen molar-refractivity contribution >= 4 is 23.3 Å². The number of carbonyl (C=O) groups is 2. The van der Waals surface area contributed by atoms with E-state index in [9.17, 15) is 19.7 Å². The fourth-order valence-corrected chi connectivity index (χ4v) is 2.29. The Morgan fingerprint density at radius 2 is 2.27 bits per heavy atom. The van der Waals surface area contributed by atoms with E-state index in [4.69, 9.17) is 10.6 Å². The molecule has 10 heteroatoms. The van der Waals surface area contributed by atoms with Crippen molar-refractivity contribution in [1.82, 2.24) is 0 Å². The molecular formula is C12H11N5O5. The molecule has 1 aromatic rings. The maximum atomic E-state index is 12.0. The number of carboxylic acids is 1. The summed E-state index contributed by atoms with van der Waals surface area (Å²) in [6.45, 7) is 0.359. The van der Waals surface area contributed by atoms with E-state index >= 15 is 0 Å². The predicted octanol–water partition coefficient (Wildman–Crippen LogP) is 1.96. The molecule has 0 aromatic heterocycles. The lowest BCUT2D eigenvalue weighted by molar-refractivity contribution is -0.384. The van der Waals surface area contributed by atoms with Gasteiger partial charge in [-0.3, -0.25) is 14.9 Å². The molecule has 1 fully saturated rings. The smallest absolute Gasteiger partial charge is 0.336 e. The quantitative estimate of drug-likeness (QED) is 0.290. The molecule has 1 aliphatic rings. The zero-order valence-corrected chi connectivity index (χ0v) is 11.2. The van der Waals surface area contributed by atoms with Crippen LogP contribution in [0.5, 0.6) is 0 Å². The van der Waals surface area contributed by atoms with Crippen molar-refractivity contribution in [2.45, 2.75) is 6.42 Å². The number of carbonyl (C=O) groups excluding carboxylic acids is 1. The van der Waals surface area contributed by atoms with Crippen molar-refractivity contribution < 1.29 is 19.6 Å². The number of azide groups is 1. The zero-order chi connectivity index (χ0) is 16.3. The lowest BCUT2D eigenvalue weighted by atomic mass is 10.1. The molecule has 0 bridgehead atoms. The Morgan fingerprint density at radius 3 is 2.86 bits per heavy atom. The summed E-state index contributed by atoms with van der Waals surface area (Å²) in [5.74, 6) is -1.81. The lowest BCUT2D eigenvalue weighted by Gasteiger charge is -2.16. The number of anilines is 1. The Morgan fingerprint density at radius 1 is 1.55 bits per heavy atom. The van der Waals surface area contributed by atoms with Crippen LogP contribution in [0.15, 0.2) is 23.3 Å². The second kappa shape index (κ2) is 6.10. The molecule has 1 aromatic carbocycles. The Hall–Kier alpha value is -3.13. The van der Waals surface area contributed by atoms with Gasteiger partial charge in [0, 0.05) is 36.6 Å². The molecule has 0 aliphatic carbocycles. The summed E-state index contributed by atoms with van der Waals surface area (Å²) < 4.78 is 0. The minimum atomic E-state index is -1.32. The van der Waals surface area contributed by atoms with Crippen LogP contribution in [0, 0.1) is 16.0 Å². The number of rotatable bonds is 5. The second-order valence-electron chi connectivity index (χ2n) is 4.79. The Bertz CT molecular complexity index is 665. The zero-order valence-electron chi connectivity index (χ0n) is 11.2. The van der Waals surface area contributed by atoms with E-state index in [2.05, 4.69) is 10.0 Å². The summed E-state index contributed by atoms with van der Waals surface area (Å²) in [5.41, 5.74) is 7.77. The second-order valence-corrected chi connectivity index (χ2v) is 4.79. The first-order valence-electron chi connectivity index (χ1n) is 6.26. The molecule has 10 nitrogen and oxygen atoms in total. The van der Waals surface area contributed by atoms with Crippen LogP contribution in [-0.4, -0.2) is 35.0 Å². The van der Waals surface area contributed by atoms with Crippen molar-refractivity contribution in [2.75, 3.05) is 18.0 Å². The number of nitrogens with zero attached hydrogens (tertiary/aromatic N) is 5. The number of aromatic carboxylic acids is 1. The van der Waals surface area contributed by atoms with Gasteiger partial charge in [0.1, 0.15) is 0 Å². The monoisotopic (exact) mass is 305 g/mol. The summed E-state index contributed by atoms with van der Waals surface area (Å²) in [7, 11) is 0. The van der Waals surface area contributed by atoms with Gasteiger partial charge in [-0.25, -0.2) is 4.79 Å². The number of nitro groups is 1. The summed E-state index contributed by atoms with van der Waals surface area (Å²) in [5, 5.41) is 23.3. The van der Waals surface area contributed by atoms with Gasteiger partial charge in [-0.15, -0.1) is 0 Å². The molecule has 0 saturated carbocycles. The van der Waals surface area contributed by atoms with Crippen molar-refractivity contribution in [3.63, 3.8) is 0 Å². The molecule has 1 N–H and O–H groups in total. The van der Waals surface area contributed by atoms with Crippen LogP contribution >= 0.6 is 0 Å². The summed E-state index contributed by atoms with van der Waals surface area (Å²) in [6.07, 6.45) is 0.143. The SMILES string of the molecule is [N-]=[N+]=NCC1CC(=O)N(c2cc(C(=O)O)cc([N+](=O)[O-])c2)C1. The maximum Gasteiger partial charge on any atom is 0.336 e. The van der Waals surface area contributed by atoms with Crippen molar-refractivity contribution in [3.8, 4) is 0 Å². The molecule has 0 radical (unpaired) electrons. The third-order valence-corrected chi connectivity index (χ3v) is 3.28. The van der Waals surface area contributed by atoms with Gasteiger partial charge in [0.25, 0.3) is 5.69 Å². The largest absolute Gasteiger partial charge is 0.478 e. The van der Waals surface area contributed by atoms with Crippen molar-refractivity contribution in [2.24, 2.45) is 11.0 Å². The number of hydrogen-bond donors (Lipinski definition) is 1. The molecule has 22 heavy (non-hydrogen) atoms. The van der Waals surface area contributed by atoms with Gasteiger partial charge in [-0.2, -0.15) is 0 Å². The fourth-order valence-electron chi connectivity index (χ4n) is 2.29. The van der Waals surface area contributed by atoms with E-state index in [0.717, 1.165) is 12.1 Å². The Kier molecular flexibility index (Phi) is 4.23. The number of hydrogen-bond acceptors (Lipinski definition) is 5. The number of benzene rings is 1. The fraction of sp³-hybridized carbons (Fsp3) is 0.333. The lowest BCUT2D eigenvalue weighted by Crippen LogP contribution is -2.25. The number of nitro benzene ring substituents is 1. The summed E-state index contributed by atoms with van der Waals surface area (Å²) in [6, 6.07) is 3.30. The van der Waals surface area contributed by atoms with E-state index in [0.29, 0.717) is 0 Å². The van der Waals surface area contributed by atoms with Crippen LogP contribution in [0.4, 0.5) is 11.4 Å². The molecule has 0 spiro atoms. The van der Waals surface area contributed by atoms with E-state index in [1.807, 2.05) is 0 Å². The standard InChI is InChI=1S/C12H11N5O5/c13-15-14-5-7-1-11(18)16(6-7)9-2-8(12(19)20)3-10(4-9)17(21)22/h2-4,7H,1,5-6H2,(H,19,20). The van der Waals surface area contributed by atoms with Crippen molar-refractivity contribution in [1.29, 1.82) is 0 Å². The molecule has 2 rings (SSSR count). The third kappa shape index (κ3) is 3.13. The van der Waals surface area contributed by atoms with Gasteiger partial charge < -0.3 is 10.0 Å². The van der Waals surface area contributed by atoms with Crippen LogP contribution in [0.25, 0.3) is 10.4 Å². The van der Waals surface area contributed by atoms with E-state index in [1.165, 1.54) is 11.0 Å². The Balaban J connectivity index is 2.35. The van der Waals surface area contributed by atoms with Gasteiger partial charge in [0.15, 0.2) is 0 Å². The average molecular weight is 305 g/mol. The highest BCUT2D eigenvalue weighted by Gasteiger charge is 2.31. The molecule has 1 unspecified atom stereocenters. The van der Waals surface area contributed by atoms with Crippen LogP contribution in [0.1, 0.15) is 16.8 Å². The van der Waals surface area contributed by atoms with Crippen molar-refractivity contribution in [3.05, 3.63) is 44.3 Å². The molecule has 1 amide bonds. The minimum absolute atomic E-state index is 0.138. The van der Waals surface area contributed by atoms with Crippen LogP contribution in [-0.2, 0) is 4.79 Å². The average Bonchev–Trinajstić information content (AvgIpc) is 2.85. The molecule has 114 valence electrons. The van der Waals surface area contributed by atoms with Gasteiger partial charge in [0.05, 0.1) is 16.2 Å². The maximum absolute atomic E-state index is 12.0. The molecular weight excluding hydrogens is 294 g/mol. The van der Waals surface area contributed by atoms with E-state index in [1.54, 1.807) is 0 Å². The van der Waals surface area contributed by atoms with Gasteiger partial charge in [-0.1, -0.05) is 5.11 Å². The highest BCUT2D eigenvalue weighted by molar-refractivity contribution is 5.98. The van der Waals surface area contributed by atoms with Gasteiger partial charge in [0.2, 0.25) is 5.91 Å². The van der Waals surface area contributed by atoms with Crippen LogP contribution in [0.2, 0.25) is 0 Å². The number of non-ortho nitro benzene ring substituents is 1. The first-order chi connectivity index (χ1) is 10.4. The van der Waals surface area contributed by atoms with Crippen LogP contribution < -0.4 is 4.90 Å². The third-order valence-electron chi connectivity index (χ3n) is 3.28. The number of carboxylic acid groups (broad SMARTS) is 1. The van der Waals surface area contributed by atoms with E-state index < -0.39 is 16.6 Å². The van der Waals surface area contributed by atoms with Gasteiger partial charge >= 0.3 is 5.97 Å². The first kappa shape index (κ1) is 15.3. The molecule has 1 heterocycles. The molecule has 1 saturated heterocycles. The van der Waals surface area contributed by atoms with Crippen LogP contribution in [0.3, 0.4) is 0 Å². The Labute approximate surface area is 123 Å².